The number of esters is 1. The summed E-state index contributed by atoms with van der Waals surface area (Å²) in [5, 5.41) is 8.11. The van der Waals surface area contributed by atoms with Gasteiger partial charge in [-0.05, 0) is 0 Å². The number of hydrogen-bond donors (Lipinski definition) is 1. The van der Waals surface area contributed by atoms with Crippen molar-refractivity contribution in [3.63, 3.8) is 0 Å². The van der Waals surface area contributed by atoms with Crippen molar-refractivity contribution in [2.24, 2.45) is 0 Å². The van der Waals surface area contributed by atoms with E-state index >= 15 is 0 Å². The van der Waals surface area contributed by atoms with Gasteiger partial charge in [-0.1, -0.05) is 0 Å². The molecule has 1 N–H and O–H groups in total. The summed E-state index contributed by atoms with van der Waals surface area (Å²) in [6, 6.07) is 0. The zero-order chi connectivity index (χ0) is 10.1. The lowest BCUT2D eigenvalue weighted by Gasteiger charge is -1.98. The summed E-state index contributed by atoms with van der Waals surface area (Å²) in [5.74, 6) is -2.03. The van der Waals surface area contributed by atoms with E-state index in [1.807, 2.05) is 0 Å². The standard InChI is InChI=1S/C7H8O6/c8-5-12-3-4-13-7(11)2-1-6(9)10/h1-2,5H,3-4H2,(H,9,10)/b2-1+. The zero-order valence-electron chi connectivity index (χ0n) is 6.63. The van der Waals surface area contributed by atoms with Crippen LogP contribution in [0.15, 0.2) is 12.2 Å². The van der Waals surface area contributed by atoms with E-state index in [9.17, 15) is 14.4 Å². The fraction of sp³-hybridized carbons (Fsp3) is 0.286. The summed E-state index contributed by atoms with van der Waals surface area (Å²) in [4.78, 5) is 30.1. The smallest absolute Gasteiger partial charge is 0.331 e. The monoisotopic (exact) mass is 188 g/mol. The minimum absolute atomic E-state index is 0.0455. The molecule has 0 heterocycles. The summed E-state index contributed by atoms with van der Waals surface area (Å²) in [6.45, 7) is 0.0820. The molecular weight excluding hydrogens is 180 g/mol. The highest BCUT2D eigenvalue weighted by molar-refractivity contribution is 5.90. The first-order chi connectivity index (χ1) is 6.16. The molecular formula is C7H8O6. The number of carboxylic acid groups (broad SMARTS) is 1. The van der Waals surface area contributed by atoms with Gasteiger partial charge in [0.1, 0.15) is 13.2 Å². The molecule has 0 atom stereocenters. The van der Waals surface area contributed by atoms with Gasteiger partial charge in [0, 0.05) is 12.2 Å². The molecule has 0 radical (unpaired) electrons. The average molecular weight is 188 g/mol. The largest absolute Gasteiger partial charge is 0.478 e. The van der Waals surface area contributed by atoms with Gasteiger partial charge in [0.25, 0.3) is 6.47 Å². The quantitative estimate of drug-likeness (QED) is 0.257. The van der Waals surface area contributed by atoms with Gasteiger partial charge in [0.05, 0.1) is 0 Å². The second-order valence-corrected chi connectivity index (χ2v) is 1.81. The van der Waals surface area contributed by atoms with Crippen molar-refractivity contribution in [2.75, 3.05) is 13.2 Å². The van der Waals surface area contributed by atoms with Crippen LogP contribution in [0.4, 0.5) is 0 Å². The molecule has 6 nitrogen and oxygen atoms in total. The highest BCUT2D eigenvalue weighted by atomic mass is 16.6. The van der Waals surface area contributed by atoms with Crippen molar-refractivity contribution in [1.82, 2.24) is 0 Å². The molecule has 0 unspecified atom stereocenters. The van der Waals surface area contributed by atoms with Crippen molar-refractivity contribution in [3.8, 4) is 0 Å². The van der Waals surface area contributed by atoms with Crippen LogP contribution in [-0.4, -0.2) is 36.7 Å². The van der Waals surface area contributed by atoms with Crippen LogP contribution in [0.25, 0.3) is 0 Å². The molecule has 72 valence electrons. The molecule has 6 heteroatoms. The van der Waals surface area contributed by atoms with Crippen LogP contribution in [0.2, 0.25) is 0 Å². The highest BCUT2D eigenvalue weighted by Gasteiger charge is 1.97. The Morgan fingerprint density at radius 3 is 2.46 bits per heavy atom. The van der Waals surface area contributed by atoms with Crippen molar-refractivity contribution in [1.29, 1.82) is 0 Å². The molecule has 0 rings (SSSR count). The van der Waals surface area contributed by atoms with Gasteiger partial charge in [0.15, 0.2) is 0 Å². The van der Waals surface area contributed by atoms with Gasteiger partial charge in [0.2, 0.25) is 0 Å². The molecule has 0 aromatic heterocycles. The SMILES string of the molecule is O=COCCOC(=O)/C=C/C(=O)O. The van der Waals surface area contributed by atoms with Crippen LogP contribution in [0.1, 0.15) is 0 Å². The van der Waals surface area contributed by atoms with Crippen molar-refractivity contribution >= 4 is 18.4 Å². The Morgan fingerprint density at radius 1 is 1.23 bits per heavy atom. The number of carbonyl (C=O) groups excluding carboxylic acids is 2. The molecule has 0 saturated carbocycles. The van der Waals surface area contributed by atoms with Gasteiger partial charge in [-0.25, -0.2) is 9.59 Å². The van der Waals surface area contributed by atoms with Crippen molar-refractivity contribution in [2.45, 2.75) is 0 Å². The van der Waals surface area contributed by atoms with Crippen LogP contribution in [-0.2, 0) is 23.9 Å². The average Bonchev–Trinajstić information content (AvgIpc) is 2.09. The third kappa shape index (κ3) is 8.05. The topological polar surface area (TPSA) is 89.9 Å². The Hall–Kier alpha value is -1.85. The van der Waals surface area contributed by atoms with E-state index in [-0.39, 0.29) is 19.7 Å². The molecule has 0 aromatic carbocycles. The molecule has 0 amide bonds. The Bertz CT molecular complexity index is 219. The number of ether oxygens (including phenoxy) is 2. The minimum Gasteiger partial charge on any atom is -0.478 e. The predicted molar refractivity (Wildman–Crippen MR) is 39.8 cm³/mol. The maximum atomic E-state index is 10.6. The Morgan fingerprint density at radius 2 is 1.92 bits per heavy atom. The summed E-state index contributed by atoms with van der Waals surface area (Å²) >= 11 is 0. The summed E-state index contributed by atoms with van der Waals surface area (Å²) < 4.78 is 8.63. The molecule has 0 aliphatic carbocycles. The van der Waals surface area contributed by atoms with Crippen molar-refractivity contribution in [3.05, 3.63) is 12.2 Å². The lowest BCUT2D eigenvalue weighted by Crippen LogP contribution is -2.08. The number of aliphatic carboxylic acids is 1. The van der Waals surface area contributed by atoms with Gasteiger partial charge in [-0.3, -0.25) is 4.79 Å². The maximum absolute atomic E-state index is 10.6. The molecule has 0 aliphatic heterocycles. The molecule has 0 spiro atoms. The Kier molecular flexibility index (Phi) is 5.86. The summed E-state index contributed by atoms with van der Waals surface area (Å²) in [7, 11) is 0. The van der Waals surface area contributed by atoms with Crippen LogP contribution in [0.5, 0.6) is 0 Å². The first-order valence-corrected chi connectivity index (χ1v) is 3.30. The molecule has 0 fully saturated rings. The van der Waals surface area contributed by atoms with E-state index in [1.165, 1.54) is 0 Å². The molecule has 0 aliphatic rings. The van der Waals surface area contributed by atoms with E-state index in [4.69, 9.17) is 5.11 Å². The number of hydrogen-bond acceptors (Lipinski definition) is 5. The molecule has 0 saturated heterocycles. The van der Waals surface area contributed by atoms with Crippen LogP contribution >= 0.6 is 0 Å². The number of carbonyl (C=O) groups is 3. The number of carboxylic acids is 1. The Balaban J connectivity index is 3.51. The number of rotatable bonds is 6. The fourth-order valence-corrected chi connectivity index (χ4v) is 0.426. The first-order valence-electron chi connectivity index (χ1n) is 3.30. The normalized spacial score (nSPS) is 9.54. The van der Waals surface area contributed by atoms with Gasteiger partial charge >= 0.3 is 11.9 Å². The minimum atomic E-state index is -1.24. The predicted octanol–water partition coefficient (Wildman–Crippen LogP) is -0.657. The lowest BCUT2D eigenvalue weighted by atomic mass is 10.5. The first kappa shape index (κ1) is 11.2. The van der Waals surface area contributed by atoms with E-state index in [0.29, 0.717) is 6.08 Å². The summed E-state index contributed by atoms with van der Waals surface area (Å²) in [5.41, 5.74) is 0. The molecule has 13 heavy (non-hydrogen) atoms. The fourth-order valence-electron chi connectivity index (χ4n) is 0.426. The molecule has 0 bridgehead atoms. The molecule has 0 aromatic rings. The van der Waals surface area contributed by atoms with Crippen molar-refractivity contribution < 1.29 is 29.0 Å². The second-order valence-electron chi connectivity index (χ2n) is 1.81. The van der Waals surface area contributed by atoms with Crippen LogP contribution in [0.3, 0.4) is 0 Å². The lowest BCUT2D eigenvalue weighted by molar-refractivity contribution is -0.142. The maximum Gasteiger partial charge on any atom is 0.331 e. The van der Waals surface area contributed by atoms with E-state index in [0.717, 1.165) is 6.08 Å². The van der Waals surface area contributed by atoms with Gasteiger partial charge in [-0.2, -0.15) is 0 Å². The third-order valence-corrected chi connectivity index (χ3v) is 0.876. The zero-order valence-corrected chi connectivity index (χ0v) is 6.63. The second kappa shape index (κ2) is 6.84. The van der Waals surface area contributed by atoms with Crippen LogP contribution < -0.4 is 0 Å². The van der Waals surface area contributed by atoms with E-state index < -0.39 is 11.9 Å². The Labute approximate surface area is 73.7 Å². The van der Waals surface area contributed by atoms with Gasteiger partial charge < -0.3 is 14.6 Å². The summed E-state index contributed by atoms with van der Waals surface area (Å²) in [6.07, 6.45) is 1.42. The third-order valence-electron chi connectivity index (χ3n) is 0.876. The highest BCUT2D eigenvalue weighted by Crippen LogP contribution is 1.82. The van der Waals surface area contributed by atoms with E-state index in [2.05, 4.69) is 9.47 Å². The van der Waals surface area contributed by atoms with Gasteiger partial charge in [-0.15, -0.1) is 0 Å². The van der Waals surface area contributed by atoms with Crippen LogP contribution in [0, 0.1) is 0 Å². The van der Waals surface area contributed by atoms with E-state index in [1.54, 1.807) is 0 Å².